The molecule has 0 aliphatic carbocycles. The Kier molecular flexibility index (Phi) is 1.44. The normalized spacial score (nSPS) is 8.89. The summed E-state index contributed by atoms with van der Waals surface area (Å²) in [5.74, 6) is 0.435. The van der Waals surface area contributed by atoms with Crippen molar-refractivity contribution in [3.8, 4) is 0 Å². The lowest BCUT2D eigenvalue weighted by atomic mass is 10.3. The van der Waals surface area contributed by atoms with E-state index in [-0.39, 0.29) is 0 Å². The minimum atomic E-state index is 0.435. The van der Waals surface area contributed by atoms with E-state index in [2.05, 4.69) is 0 Å². The first-order chi connectivity index (χ1) is 4.38. The molecule has 2 N–H and O–H groups in total. The molecule has 0 unspecified atom stereocenters. The van der Waals surface area contributed by atoms with Gasteiger partial charge >= 0.3 is 0 Å². The molecule has 46 valence electrons. The van der Waals surface area contributed by atoms with Crippen LogP contribution < -0.4 is 0 Å². The lowest BCUT2D eigenvalue weighted by molar-refractivity contribution is 0.559. The van der Waals surface area contributed by atoms with Crippen molar-refractivity contribution in [2.24, 2.45) is 0 Å². The molecule has 1 aromatic heterocycles. The van der Waals surface area contributed by atoms with Gasteiger partial charge in [-0.15, -0.1) is 0 Å². The summed E-state index contributed by atoms with van der Waals surface area (Å²) >= 11 is 0. The molecule has 9 heavy (non-hydrogen) atoms. The fourth-order valence-electron chi connectivity index (χ4n) is 0.567. The van der Waals surface area contributed by atoms with Gasteiger partial charge in [-0.1, -0.05) is 0 Å². The number of nitrogens with one attached hydrogen (secondary N) is 2. The van der Waals surface area contributed by atoms with Gasteiger partial charge in [0.2, 0.25) is 0 Å². The highest BCUT2D eigenvalue weighted by Crippen LogP contribution is 2.03. The average Bonchev–Trinajstić information content (AvgIpc) is 2.33. The SMILES string of the molecule is N=Cc1ccoc1C=N. The molecule has 0 bridgehead atoms. The average molecular weight is 122 g/mol. The number of hydrogen-bond donors (Lipinski definition) is 2. The lowest BCUT2D eigenvalue weighted by Gasteiger charge is -1.81. The predicted molar refractivity (Wildman–Crippen MR) is 34.5 cm³/mol. The molecule has 0 amide bonds. The highest BCUT2D eigenvalue weighted by Gasteiger charge is 1.96. The van der Waals surface area contributed by atoms with Crippen LogP contribution in [0.1, 0.15) is 11.3 Å². The molecule has 0 aliphatic rings. The largest absolute Gasteiger partial charge is 0.463 e. The van der Waals surface area contributed by atoms with E-state index in [1.54, 1.807) is 6.07 Å². The Morgan fingerprint density at radius 2 is 2.11 bits per heavy atom. The molecular weight excluding hydrogens is 116 g/mol. The molecule has 0 saturated carbocycles. The highest BCUT2D eigenvalue weighted by molar-refractivity contribution is 5.89. The quantitative estimate of drug-likeness (QED) is 0.570. The highest BCUT2D eigenvalue weighted by atomic mass is 16.3. The van der Waals surface area contributed by atoms with Crippen LogP contribution in [0.5, 0.6) is 0 Å². The minimum Gasteiger partial charge on any atom is -0.463 e. The van der Waals surface area contributed by atoms with E-state index in [1.165, 1.54) is 6.26 Å². The Labute approximate surface area is 52.3 Å². The molecule has 0 fully saturated rings. The molecule has 0 aromatic carbocycles. The first-order valence-corrected chi connectivity index (χ1v) is 2.47. The number of rotatable bonds is 2. The summed E-state index contributed by atoms with van der Waals surface area (Å²) in [5.41, 5.74) is 0.644. The zero-order valence-corrected chi connectivity index (χ0v) is 4.72. The third kappa shape index (κ3) is 0.887. The van der Waals surface area contributed by atoms with Gasteiger partial charge < -0.3 is 15.2 Å². The fraction of sp³-hybridized carbons (Fsp3) is 0. The summed E-state index contributed by atoms with van der Waals surface area (Å²) in [7, 11) is 0. The Balaban J connectivity index is 3.12. The van der Waals surface area contributed by atoms with E-state index in [1.807, 2.05) is 0 Å². The van der Waals surface area contributed by atoms with Gasteiger partial charge in [-0.2, -0.15) is 0 Å². The summed E-state index contributed by atoms with van der Waals surface area (Å²) < 4.78 is 4.81. The van der Waals surface area contributed by atoms with E-state index in [0.717, 1.165) is 12.4 Å². The van der Waals surface area contributed by atoms with Crippen LogP contribution in [0.3, 0.4) is 0 Å². The maximum Gasteiger partial charge on any atom is 0.152 e. The minimum absolute atomic E-state index is 0.435. The van der Waals surface area contributed by atoms with Gasteiger partial charge in [-0.05, 0) is 6.07 Å². The van der Waals surface area contributed by atoms with Crippen molar-refractivity contribution in [1.29, 1.82) is 10.8 Å². The van der Waals surface area contributed by atoms with Crippen molar-refractivity contribution < 1.29 is 4.42 Å². The van der Waals surface area contributed by atoms with Gasteiger partial charge in [0, 0.05) is 11.8 Å². The Morgan fingerprint density at radius 3 is 2.56 bits per heavy atom. The maximum atomic E-state index is 6.82. The zero-order chi connectivity index (χ0) is 6.69. The first kappa shape index (κ1) is 5.75. The Morgan fingerprint density at radius 1 is 1.33 bits per heavy atom. The van der Waals surface area contributed by atoms with Crippen LogP contribution in [0.4, 0.5) is 0 Å². The summed E-state index contributed by atoms with van der Waals surface area (Å²) in [4.78, 5) is 0. The van der Waals surface area contributed by atoms with Gasteiger partial charge in [0.25, 0.3) is 0 Å². The Bertz CT molecular complexity index is 204. The van der Waals surface area contributed by atoms with Crippen LogP contribution in [0.25, 0.3) is 0 Å². The van der Waals surface area contributed by atoms with Crippen molar-refractivity contribution in [2.75, 3.05) is 0 Å². The van der Waals surface area contributed by atoms with Crippen molar-refractivity contribution >= 4 is 12.4 Å². The standard InChI is InChI=1S/C6H6N2O/c7-3-5-1-2-9-6(5)4-8/h1-4,7-8H. The fourth-order valence-corrected chi connectivity index (χ4v) is 0.567. The summed E-state index contributed by atoms with van der Waals surface area (Å²) in [6.07, 6.45) is 3.70. The first-order valence-electron chi connectivity index (χ1n) is 2.47. The topological polar surface area (TPSA) is 60.8 Å². The van der Waals surface area contributed by atoms with E-state index < -0.39 is 0 Å². The van der Waals surface area contributed by atoms with E-state index in [4.69, 9.17) is 15.2 Å². The second-order valence-corrected chi connectivity index (χ2v) is 1.53. The van der Waals surface area contributed by atoms with E-state index in [9.17, 15) is 0 Å². The van der Waals surface area contributed by atoms with Crippen molar-refractivity contribution in [3.05, 3.63) is 23.7 Å². The third-order valence-electron chi connectivity index (χ3n) is 1.01. The van der Waals surface area contributed by atoms with Gasteiger partial charge in [0.15, 0.2) is 5.76 Å². The zero-order valence-electron chi connectivity index (χ0n) is 4.72. The Hall–Kier alpha value is -1.38. The smallest absolute Gasteiger partial charge is 0.152 e. The van der Waals surface area contributed by atoms with Crippen LogP contribution in [0.2, 0.25) is 0 Å². The molecule has 3 nitrogen and oxygen atoms in total. The van der Waals surface area contributed by atoms with Crippen molar-refractivity contribution in [1.82, 2.24) is 0 Å². The summed E-state index contributed by atoms with van der Waals surface area (Å²) in [5, 5.41) is 13.6. The van der Waals surface area contributed by atoms with Crippen LogP contribution in [-0.4, -0.2) is 12.4 Å². The molecule has 0 aliphatic heterocycles. The van der Waals surface area contributed by atoms with Gasteiger partial charge in [-0.25, -0.2) is 0 Å². The van der Waals surface area contributed by atoms with Crippen molar-refractivity contribution in [2.45, 2.75) is 0 Å². The molecule has 1 rings (SSSR count). The summed E-state index contributed by atoms with van der Waals surface area (Å²) in [6, 6.07) is 1.65. The second-order valence-electron chi connectivity index (χ2n) is 1.53. The molecule has 0 spiro atoms. The lowest BCUT2D eigenvalue weighted by Crippen LogP contribution is -1.81. The summed E-state index contributed by atoms with van der Waals surface area (Å²) in [6.45, 7) is 0. The molecule has 3 heteroatoms. The number of furan rings is 1. The molecule has 0 atom stereocenters. The van der Waals surface area contributed by atoms with Gasteiger partial charge in [0.1, 0.15) is 0 Å². The monoisotopic (exact) mass is 122 g/mol. The second kappa shape index (κ2) is 2.26. The van der Waals surface area contributed by atoms with Crippen LogP contribution in [0.15, 0.2) is 16.7 Å². The van der Waals surface area contributed by atoms with E-state index in [0.29, 0.717) is 11.3 Å². The molecular formula is C6H6N2O. The van der Waals surface area contributed by atoms with Crippen LogP contribution in [0, 0.1) is 10.8 Å². The molecule has 0 radical (unpaired) electrons. The van der Waals surface area contributed by atoms with Gasteiger partial charge in [-0.3, -0.25) is 0 Å². The maximum absolute atomic E-state index is 6.82. The van der Waals surface area contributed by atoms with E-state index >= 15 is 0 Å². The number of hydrogen-bond acceptors (Lipinski definition) is 3. The third-order valence-corrected chi connectivity index (χ3v) is 1.01. The van der Waals surface area contributed by atoms with Gasteiger partial charge in [0.05, 0.1) is 12.5 Å². The molecule has 0 saturated heterocycles. The molecule has 1 aromatic rings. The van der Waals surface area contributed by atoms with Crippen molar-refractivity contribution in [3.63, 3.8) is 0 Å². The molecule has 1 heterocycles. The predicted octanol–water partition coefficient (Wildman–Crippen LogP) is 1.27. The van der Waals surface area contributed by atoms with Crippen LogP contribution >= 0.6 is 0 Å². The van der Waals surface area contributed by atoms with Crippen LogP contribution in [-0.2, 0) is 0 Å².